The highest BCUT2D eigenvalue weighted by molar-refractivity contribution is 5.88. The van der Waals surface area contributed by atoms with E-state index in [2.05, 4.69) is 30.6 Å². The van der Waals surface area contributed by atoms with Crippen LogP contribution in [0.5, 0.6) is 0 Å². The summed E-state index contributed by atoms with van der Waals surface area (Å²) in [6.45, 7) is 7.06. The zero-order valence-corrected chi connectivity index (χ0v) is 15.5. The van der Waals surface area contributed by atoms with E-state index >= 15 is 0 Å². The molecule has 0 spiro atoms. The Morgan fingerprint density at radius 2 is 1.76 bits per heavy atom. The molecule has 4 nitrogen and oxygen atoms in total. The number of carbonyl (C=O) groups is 1. The number of nitrogens with zero attached hydrogens (tertiary/aromatic N) is 2. The number of hydrogen-bond acceptors (Lipinski definition) is 3. The van der Waals surface area contributed by atoms with Gasteiger partial charge < -0.3 is 4.74 Å². The van der Waals surface area contributed by atoms with Crippen molar-refractivity contribution in [1.82, 2.24) is 4.90 Å². The third kappa shape index (κ3) is 6.10. The number of hydrogen-bond donors (Lipinski definition) is 0. The van der Waals surface area contributed by atoms with Gasteiger partial charge in [-0.25, -0.2) is 4.79 Å². The monoisotopic (exact) mass is 342 g/mol. The molecule has 25 heavy (non-hydrogen) atoms. The first-order chi connectivity index (χ1) is 12.3. The van der Waals surface area contributed by atoms with E-state index in [4.69, 9.17) is 4.74 Å². The second kappa shape index (κ2) is 10.8. The van der Waals surface area contributed by atoms with Gasteiger partial charge in [-0.05, 0) is 38.1 Å². The van der Waals surface area contributed by atoms with Crippen LogP contribution in [0, 0.1) is 11.8 Å². The summed E-state index contributed by atoms with van der Waals surface area (Å²) in [4.78, 5) is 16.7. The molecule has 1 amide bonds. The molecule has 1 aliphatic carbocycles. The summed E-state index contributed by atoms with van der Waals surface area (Å²) >= 11 is 0. The molecule has 2 rings (SSSR count). The van der Waals surface area contributed by atoms with Crippen molar-refractivity contribution < 1.29 is 9.53 Å². The minimum Gasteiger partial charge on any atom is -0.436 e. The molecule has 0 bridgehead atoms. The lowest BCUT2D eigenvalue weighted by molar-refractivity contribution is 0.163. The Morgan fingerprint density at radius 1 is 1.08 bits per heavy atom. The largest absolute Gasteiger partial charge is 0.436 e. The van der Waals surface area contributed by atoms with Gasteiger partial charge in [-0.3, -0.25) is 9.80 Å². The van der Waals surface area contributed by atoms with Crippen molar-refractivity contribution in [3.8, 4) is 11.8 Å². The van der Waals surface area contributed by atoms with E-state index in [1.54, 1.807) is 0 Å². The van der Waals surface area contributed by atoms with Crippen LogP contribution in [-0.4, -0.2) is 43.3 Å². The first-order valence-electron chi connectivity index (χ1n) is 9.45. The predicted molar refractivity (Wildman–Crippen MR) is 103 cm³/mol. The highest BCUT2D eigenvalue weighted by Crippen LogP contribution is 2.27. The van der Waals surface area contributed by atoms with Crippen LogP contribution in [0.3, 0.4) is 0 Å². The lowest BCUT2D eigenvalue weighted by atomic mass is 9.94. The number of carbonyl (C=O) groups excluding carboxylic acids is 1. The molecule has 1 aliphatic rings. The average molecular weight is 342 g/mol. The minimum absolute atomic E-state index is 0.149. The van der Waals surface area contributed by atoms with Crippen LogP contribution >= 0.6 is 0 Å². The lowest BCUT2D eigenvalue weighted by Crippen LogP contribution is -2.42. The molecule has 136 valence electrons. The Labute approximate surface area is 152 Å². The van der Waals surface area contributed by atoms with Gasteiger partial charge in [0.2, 0.25) is 0 Å². The smallest absolute Gasteiger partial charge is 0.415 e. The van der Waals surface area contributed by atoms with Crippen molar-refractivity contribution in [3.63, 3.8) is 0 Å². The maximum atomic E-state index is 12.7. The van der Waals surface area contributed by atoms with E-state index < -0.39 is 0 Å². The zero-order chi connectivity index (χ0) is 17.9. The summed E-state index contributed by atoms with van der Waals surface area (Å²) in [5.74, 6) is 6.04. The van der Waals surface area contributed by atoms with Crippen LogP contribution < -0.4 is 4.90 Å². The number of ether oxygens (including phenoxy) is 1. The quantitative estimate of drug-likeness (QED) is 0.722. The summed E-state index contributed by atoms with van der Waals surface area (Å²) in [7, 11) is 0. The van der Waals surface area contributed by atoms with E-state index in [0.29, 0.717) is 0 Å². The van der Waals surface area contributed by atoms with Gasteiger partial charge in [-0.2, -0.15) is 0 Å². The Balaban J connectivity index is 1.95. The molecule has 0 heterocycles. The SMILES string of the molecule is CCN(CC)CC#CCOC(=O)N(c1ccccc1)C1CCCCC1. The molecule has 0 aliphatic heterocycles. The van der Waals surface area contributed by atoms with Crippen molar-refractivity contribution in [2.45, 2.75) is 52.0 Å². The fourth-order valence-electron chi connectivity index (χ4n) is 3.23. The van der Waals surface area contributed by atoms with Gasteiger partial charge in [-0.15, -0.1) is 0 Å². The summed E-state index contributed by atoms with van der Waals surface area (Å²) in [6, 6.07) is 10.1. The highest BCUT2D eigenvalue weighted by Gasteiger charge is 2.27. The third-order valence-corrected chi connectivity index (χ3v) is 4.76. The summed E-state index contributed by atoms with van der Waals surface area (Å²) in [6.07, 6.45) is 5.39. The van der Waals surface area contributed by atoms with Crippen molar-refractivity contribution in [2.24, 2.45) is 0 Å². The first kappa shape index (κ1) is 19.3. The van der Waals surface area contributed by atoms with E-state index in [9.17, 15) is 4.79 Å². The number of para-hydroxylation sites is 1. The van der Waals surface area contributed by atoms with Crippen LogP contribution in [0.2, 0.25) is 0 Å². The number of benzene rings is 1. The van der Waals surface area contributed by atoms with Gasteiger partial charge in [-0.1, -0.05) is 63.1 Å². The van der Waals surface area contributed by atoms with E-state index in [1.165, 1.54) is 19.3 Å². The maximum absolute atomic E-state index is 12.7. The molecule has 0 saturated heterocycles. The van der Waals surface area contributed by atoms with Crippen molar-refractivity contribution >= 4 is 11.8 Å². The molecule has 0 radical (unpaired) electrons. The molecule has 0 N–H and O–H groups in total. The van der Waals surface area contributed by atoms with Crippen molar-refractivity contribution in [2.75, 3.05) is 31.1 Å². The molecular formula is C21H30N2O2. The minimum atomic E-state index is -0.282. The topological polar surface area (TPSA) is 32.8 Å². The average Bonchev–Trinajstić information content (AvgIpc) is 2.66. The number of rotatable bonds is 6. The van der Waals surface area contributed by atoms with Gasteiger partial charge in [0.25, 0.3) is 0 Å². The molecule has 0 unspecified atom stereocenters. The van der Waals surface area contributed by atoms with Crippen LogP contribution in [0.4, 0.5) is 10.5 Å². The lowest BCUT2D eigenvalue weighted by Gasteiger charge is -2.33. The van der Waals surface area contributed by atoms with Gasteiger partial charge in [0.15, 0.2) is 6.61 Å². The van der Waals surface area contributed by atoms with E-state index in [0.717, 1.165) is 38.2 Å². The molecule has 1 aromatic rings. The Hall–Kier alpha value is -1.99. The fourth-order valence-corrected chi connectivity index (χ4v) is 3.23. The molecule has 0 aromatic heterocycles. The molecule has 1 saturated carbocycles. The van der Waals surface area contributed by atoms with Gasteiger partial charge in [0.1, 0.15) is 0 Å². The second-order valence-corrected chi connectivity index (χ2v) is 6.37. The van der Waals surface area contributed by atoms with Crippen LogP contribution in [0.25, 0.3) is 0 Å². The normalized spacial score (nSPS) is 14.7. The standard InChI is InChI=1S/C21H30N2O2/c1-3-22(4-2)17-11-12-18-25-21(24)23(19-13-7-5-8-14-19)20-15-9-6-10-16-20/h5,7-8,13-14,20H,3-4,6,9-10,15-18H2,1-2H3. The zero-order valence-electron chi connectivity index (χ0n) is 15.5. The van der Waals surface area contributed by atoms with E-state index in [1.807, 2.05) is 35.2 Å². The Bertz CT molecular complexity index is 567. The van der Waals surface area contributed by atoms with Gasteiger partial charge >= 0.3 is 6.09 Å². The van der Waals surface area contributed by atoms with Crippen molar-refractivity contribution in [1.29, 1.82) is 0 Å². The number of amides is 1. The van der Waals surface area contributed by atoms with E-state index in [-0.39, 0.29) is 18.7 Å². The second-order valence-electron chi connectivity index (χ2n) is 6.37. The highest BCUT2D eigenvalue weighted by atomic mass is 16.6. The number of anilines is 1. The van der Waals surface area contributed by atoms with Gasteiger partial charge in [0.05, 0.1) is 6.54 Å². The van der Waals surface area contributed by atoms with Crippen molar-refractivity contribution in [3.05, 3.63) is 30.3 Å². The predicted octanol–water partition coefficient (Wildman–Crippen LogP) is 4.31. The fraction of sp³-hybridized carbons (Fsp3) is 0.571. The molecule has 1 fully saturated rings. The maximum Gasteiger partial charge on any atom is 0.415 e. The van der Waals surface area contributed by atoms with Crippen LogP contribution in [0.1, 0.15) is 46.0 Å². The molecule has 1 aromatic carbocycles. The Morgan fingerprint density at radius 3 is 2.40 bits per heavy atom. The first-order valence-corrected chi connectivity index (χ1v) is 9.45. The molecule has 0 atom stereocenters. The third-order valence-electron chi connectivity index (χ3n) is 4.76. The van der Waals surface area contributed by atoms with Crippen LogP contribution in [-0.2, 0) is 4.74 Å². The Kier molecular flexibility index (Phi) is 8.34. The molecular weight excluding hydrogens is 312 g/mol. The summed E-state index contributed by atoms with van der Waals surface area (Å²) in [5, 5.41) is 0. The summed E-state index contributed by atoms with van der Waals surface area (Å²) < 4.78 is 5.46. The molecule has 4 heteroatoms. The van der Waals surface area contributed by atoms with Gasteiger partial charge in [0, 0.05) is 11.7 Å². The summed E-state index contributed by atoms with van der Waals surface area (Å²) in [5.41, 5.74) is 0.913. The van der Waals surface area contributed by atoms with Crippen LogP contribution in [0.15, 0.2) is 30.3 Å².